The standard InChI is InChI=1S/C14H30N2O2/c1-13(17,12-16(2)3)10-15-11-14(18)8-6-4-5-7-9-14/h15,17-18H,4-12H2,1-3H3. The SMILES string of the molecule is CN(C)CC(C)(O)CNCC1(O)CCCCCC1. The van der Waals surface area contributed by atoms with Gasteiger partial charge in [0.05, 0.1) is 11.2 Å². The third-order valence-electron chi connectivity index (χ3n) is 3.65. The summed E-state index contributed by atoms with van der Waals surface area (Å²) in [7, 11) is 3.90. The summed E-state index contributed by atoms with van der Waals surface area (Å²) in [6.45, 7) is 3.57. The van der Waals surface area contributed by atoms with Crippen molar-refractivity contribution < 1.29 is 10.2 Å². The fraction of sp³-hybridized carbons (Fsp3) is 1.00. The zero-order chi connectivity index (χ0) is 13.6. The van der Waals surface area contributed by atoms with Gasteiger partial charge in [0.1, 0.15) is 0 Å². The van der Waals surface area contributed by atoms with Gasteiger partial charge < -0.3 is 20.4 Å². The molecule has 0 aliphatic heterocycles. The van der Waals surface area contributed by atoms with Gasteiger partial charge in [0.25, 0.3) is 0 Å². The molecule has 1 rings (SSSR count). The van der Waals surface area contributed by atoms with Crippen LogP contribution >= 0.6 is 0 Å². The Bertz CT molecular complexity index is 234. The van der Waals surface area contributed by atoms with Crippen molar-refractivity contribution in [1.29, 1.82) is 0 Å². The van der Waals surface area contributed by atoms with E-state index >= 15 is 0 Å². The Hall–Kier alpha value is -0.160. The molecule has 0 radical (unpaired) electrons. The first-order valence-electron chi connectivity index (χ1n) is 7.13. The fourth-order valence-electron chi connectivity index (χ4n) is 2.87. The lowest BCUT2D eigenvalue weighted by atomic mass is 9.94. The first-order chi connectivity index (χ1) is 8.33. The quantitative estimate of drug-likeness (QED) is 0.622. The number of aliphatic hydroxyl groups is 2. The molecule has 1 fully saturated rings. The minimum atomic E-state index is -0.745. The Morgan fingerprint density at radius 3 is 2.22 bits per heavy atom. The molecule has 18 heavy (non-hydrogen) atoms. The van der Waals surface area contributed by atoms with Crippen molar-refractivity contribution in [2.24, 2.45) is 0 Å². The summed E-state index contributed by atoms with van der Waals surface area (Å²) in [5.41, 5.74) is -1.31. The van der Waals surface area contributed by atoms with Gasteiger partial charge in [0.15, 0.2) is 0 Å². The highest BCUT2D eigenvalue weighted by atomic mass is 16.3. The monoisotopic (exact) mass is 258 g/mol. The van der Waals surface area contributed by atoms with Crippen LogP contribution in [0.3, 0.4) is 0 Å². The van der Waals surface area contributed by atoms with Crippen molar-refractivity contribution in [1.82, 2.24) is 10.2 Å². The Morgan fingerprint density at radius 2 is 1.72 bits per heavy atom. The van der Waals surface area contributed by atoms with Crippen LogP contribution in [0.1, 0.15) is 45.4 Å². The predicted octanol–water partition coefficient (Wildman–Crippen LogP) is 0.974. The molecule has 0 saturated heterocycles. The van der Waals surface area contributed by atoms with Gasteiger partial charge in [-0.25, -0.2) is 0 Å². The first kappa shape index (κ1) is 15.9. The Labute approximate surface area is 111 Å². The van der Waals surface area contributed by atoms with Gasteiger partial charge in [0, 0.05) is 19.6 Å². The average molecular weight is 258 g/mol. The van der Waals surface area contributed by atoms with E-state index in [2.05, 4.69) is 5.32 Å². The molecule has 1 unspecified atom stereocenters. The predicted molar refractivity (Wildman–Crippen MR) is 74.7 cm³/mol. The third-order valence-corrected chi connectivity index (χ3v) is 3.65. The molecule has 1 atom stereocenters. The molecular formula is C14H30N2O2. The van der Waals surface area contributed by atoms with E-state index in [1.165, 1.54) is 12.8 Å². The van der Waals surface area contributed by atoms with Crippen LogP contribution in [0.15, 0.2) is 0 Å². The van der Waals surface area contributed by atoms with Crippen LogP contribution < -0.4 is 5.32 Å². The van der Waals surface area contributed by atoms with Crippen molar-refractivity contribution >= 4 is 0 Å². The highest BCUT2D eigenvalue weighted by Crippen LogP contribution is 2.26. The second-order valence-corrected chi connectivity index (χ2v) is 6.48. The minimum absolute atomic E-state index is 0.521. The first-order valence-corrected chi connectivity index (χ1v) is 7.13. The molecule has 0 aromatic carbocycles. The maximum absolute atomic E-state index is 10.5. The lowest BCUT2D eigenvalue weighted by Crippen LogP contribution is -2.49. The van der Waals surface area contributed by atoms with Crippen LogP contribution in [0.4, 0.5) is 0 Å². The molecule has 1 aliphatic rings. The number of rotatable bonds is 6. The largest absolute Gasteiger partial charge is 0.389 e. The van der Waals surface area contributed by atoms with E-state index in [9.17, 15) is 10.2 Å². The zero-order valence-corrected chi connectivity index (χ0v) is 12.2. The van der Waals surface area contributed by atoms with Gasteiger partial charge >= 0.3 is 0 Å². The van der Waals surface area contributed by atoms with Crippen molar-refractivity contribution in [3.8, 4) is 0 Å². The molecule has 1 aliphatic carbocycles. The van der Waals surface area contributed by atoms with E-state index in [1.807, 2.05) is 25.9 Å². The smallest absolute Gasteiger partial charge is 0.0869 e. The highest BCUT2D eigenvalue weighted by Gasteiger charge is 2.29. The Kier molecular flexibility index (Phi) is 6.05. The number of nitrogens with one attached hydrogen (secondary N) is 1. The zero-order valence-electron chi connectivity index (χ0n) is 12.2. The van der Waals surface area contributed by atoms with Crippen LogP contribution in [0.5, 0.6) is 0 Å². The molecule has 0 aromatic heterocycles. The van der Waals surface area contributed by atoms with Gasteiger partial charge in [-0.1, -0.05) is 25.7 Å². The molecule has 1 saturated carbocycles. The van der Waals surface area contributed by atoms with Crippen LogP contribution in [0, 0.1) is 0 Å². The molecule has 108 valence electrons. The van der Waals surface area contributed by atoms with E-state index < -0.39 is 11.2 Å². The Balaban J connectivity index is 2.31. The molecule has 0 aromatic rings. The van der Waals surface area contributed by atoms with E-state index in [1.54, 1.807) is 0 Å². The van der Waals surface area contributed by atoms with Gasteiger partial charge in [0.2, 0.25) is 0 Å². The van der Waals surface area contributed by atoms with Crippen molar-refractivity contribution in [3.63, 3.8) is 0 Å². The maximum atomic E-state index is 10.5. The number of likely N-dealkylation sites (N-methyl/N-ethyl adjacent to an activating group) is 1. The second-order valence-electron chi connectivity index (χ2n) is 6.48. The normalized spacial score (nSPS) is 23.7. The summed E-state index contributed by atoms with van der Waals surface area (Å²) in [6, 6.07) is 0. The molecule has 0 bridgehead atoms. The maximum Gasteiger partial charge on any atom is 0.0869 e. The molecular weight excluding hydrogens is 228 g/mol. The van der Waals surface area contributed by atoms with Gasteiger partial charge in [-0.05, 0) is 33.9 Å². The highest BCUT2D eigenvalue weighted by molar-refractivity contribution is 4.86. The summed E-state index contributed by atoms with van der Waals surface area (Å²) in [6.07, 6.45) is 6.48. The lowest BCUT2D eigenvalue weighted by Gasteiger charge is -2.31. The number of hydrogen-bond acceptors (Lipinski definition) is 4. The topological polar surface area (TPSA) is 55.7 Å². The minimum Gasteiger partial charge on any atom is -0.389 e. The van der Waals surface area contributed by atoms with Crippen molar-refractivity contribution in [3.05, 3.63) is 0 Å². The van der Waals surface area contributed by atoms with Crippen LogP contribution in [-0.2, 0) is 0 Å². The molecule has 3 N–H and O–H groups in total. The van der Waals surface area contributed by atoms with E-state index in [0.29, 0.717) is 19.6 Å². The van der Waals surface area contributed by atoms with Gasteiger partial charge in [-0.2, -0.15) is 0 Å². The molecule has 0 amide bonds. The number of hydrogen-bond donors (Lipinski definition) is 3. The van der Waals surface area contributed by atoms with Gasteiger partial charge in [-0.3, -0.25) is 0 Å². The van der Waals surface area contributed by atoms with Crippen molar-refractivity contribution in [2.45, 2.75) is 56.7 Å². The summed E-state index contributed by atoms with van der Waals surface area (Å²) in [5.74, 6) is 0. The Morgan fingerprint density at radius 1 is 1.17 bits per heavy atom. The third kappa shape index (κ3) is 6.14. The average Bonchev–Trinajstić information content (AvgIpc) is 2.41. The molecule has 0 heterocycles. The van der Waals surface area contributed by atoms with Crippen molar-refractivity contribution in [2.75, 3.05) is 33.7 Å². The number of nitrogens with zero attached hydrogens (tertiary/aromatic N) is 1. The van der Waals surface area contributed by atoms with Crippen LogP contribution in [0.2, 0.25) is 0 Å². The van der Waals surface area contributed by atoms with E-state index in [4.69, 9.17) is 0 Å². The summed E-state index contributed by atoms with van der Waals surface area (Å²) < 4.78 is 0. The molecule has 4 heteroatoms. The second kappa shape index (κ2) is 6.85. The summed E-state index contributed by atoms with van der Waals surface area (Å²) >= 11 is 0. The summed E-state index contributed by atoms with van der Waals surface area (Å²) in [4.78, 5) is 1.97. The van der Waals surface area contributed by atoms with E-state index in [0.717, 1.165) is 25.7 Å². The van der Waals surface area contributed by atoms with Gasteiger partial charge in [-0.15, -0.1) is 0 Å². The molecule has 4 nitrogen and oxygen atoms in total. The summed E-state index contributed by atoms with van der Waals surface area (Å²) in [5, 5.41) is 23.9. The van der Waals surface area contributed by atoms with Crippen LogP contribution in [-0.4, -0.2) is 60.0 Å². The van der Waals surface area contributed by atoms with E-state index in [-0.39, 0.29) is 0 Å². The van der Waals surface area contributed by atoms with Crippen LogP contribution in [0.25, 0.3) is 0 Å². The lowest BCUT2D eigenvalue weighted by molar-refractivity contribution is 0.00537. The molecule has 0 spiro atoms. The fourth-order valence-corrected chi connectivity index (χ4v) is 2.87.